The van der Waals surface area contributed by atoms with Crippen LogP contribution in [0.5, 0.6) is 57.5 Å². The molecule has 4 aliphatic rings. The van der Waals surface area contributed by atoms with E-state index in [0.29, 0.717) is 56.9 Å². The van der Waals surface area contributed by atoms with Crippen LogP contribution < -0.4 is 28.6 Å². The number of rotatable bonds is 12. The number of aromatic nitrogens is 4. The second kappa shape index (κ2) is 52.4. The number of pyridine rings is 4. The van der Waals surface area contributed by atoms with Gasteiger partial charge in [0, 0.05) is 144 Å². The minimum absolute atomic E-state index is 0. The summed E-state index contributed by atoms with van der Waals surface area (Å²) >= 11 is 0. The maximum atomic E-state index is 9.92. The van der Waals surface area contributed by atoms with Crippen molar-refractivity contribution in [1.82, 2.24) is 19.9 Å². The fourth-order valence-electron chi connectivity index (χ4n) is 13.9. The van der Waals surface area contributed by atoms with Gasteiger partial charge in [0.05, 0.1) is 70.0 Å². The number of benzene rings is 10. The van der Waals surface area contributed by atoms with Crippen molar-refractivity contribution in [2.45, 2.75) is 137 Å². The number of aliphatic hydroxyl groups excluding tert-OH is 8. The molecule has 8 N–H and O–H groups in total. The standard InChI is InChI=1S/C20H16NO.C19H16NOS.C18H13N2O.C17H10NO2.C15H14O2.C11H22O2.C9H18O2.C5H10O2.4Ir/c1-20(2)15-9-3-4-11-17(15)22-18-12-7-8-14(19(18)20)16-10-5-6-13-21-16;1-22(2)18-12-4-3-10-16(18)21-17-11-7-8-14(19(17)22)15-9-5-6-13-20-15;1-20-15-9-2-3-11-17(15)21-18-13(7-6-10-16(18)20)14-8-4-5-12-19-14;1-2-9-15-14(8-1)19-16-10-5-6-12(17(16)20-15)13-7-3-4-11-18-13;16-14(12-7-3-1-4-8-12)11-15(17)13-9-5-2-6-10-13;1-10(2,3)8(12)7-9(13)11(4,5)6;1-6(2)8(10)5-9(11)7(3)4;1-4(6)3-5(2)7;;;;/h2*3-7,9-13H,1-2H3;2-6,8-12H,1H3;1-5,7-11H;1-11,14,16-17H;7-8,12-13H,1-6H3;5-8,10-11H,1-4H3;3-4,6-7H,1-2H3;;;;/q4*-1;;;;;;;;/i;;1D3;;;;;;;;;. The van der Waals surface area contributed by atoms with Crippen LogP contribution >= 0.6 is 10.0 Å². The van der Waals surface area contributed by atoms with E-state index in [1.807, 2.05) is 294 Å². The van der Waals surface area contributed by atoms with Gasteiger partial charge in [0.25, 0.3) is 0 Å². The molecule has 23 heteroatoms. The summed E-state index contributed by atoms with van der Waals surface area (Å²) in [4.78, 5) is 21.5. The van der Waals surface area contributed by atoms with Crippen LogP contribution in [0.4, 0.5) is 11.4 Å². The van der Waals surface area contributed by atoms with Crippen molar-refractivity contribution >= 4 is 27.2 Å². The summed E-state index contributed by atoms with van der Waals surface area (Å²) in [5, 5.41) is 74.5. The summed E-state index contributed by atoms with van der Waals surface area (Å²) < 4.78 is 54.0. The van der Waals surface area contributed by atoms with E-state index >= 15 is 0 Å². The maximum absolute atomic E-state index is 9.92. The summed E-state index contributed by atoms with van der Waals surface area (Å²) in [6.45, 7) is 24.4. The fourth-order valence-corrected chi connectivity index (χ4v) is 16.5. The maximum Gasteiger partial charge on any atom is 0.166 e. The van der Waals surface area contributed by atoms with Gasteiger partial charge >= 0.3 is 0 Å². The minimum Gasteiger partial charge on any atom is -0.513 e. The van der Waals surface area contributed by atoms with Crippen molar-refractivity contribution in [2.24, 2.45) is 22.7 Å². The van der Waals surface area contributed by atoms with E-state index in [2.05, 4.69) is 94.8 Å². The molecule has 0 saturated heterocycles. The molecule has 0 fully saturated rings. The van der Waals surface area contributed by atoms with E-state index < -0.39 is 41.4 Å². The molecule has 4 aliphatic heterocycles. The van der Waals surface area contributed by atoms with Crippen molar-refractivity contribution in [1.29, 1.82) is 0 Å². The number of aliphatic hydroxyl groups is 8. The van der Waals surface area contributed by atoms with E-state index in [4.69, 9.17) is 38.0 Å². The largest absolute Gasteiger partial charge is 0.513 e. The zero-order valence-electron chi connectivity index (χ0n) is 82.2. The number of fused-ring (bicyclic) bond motifs is 8. The quantitative estimate of drug-likeness (QED) is 0.0417. The Labute approximate surface area is 867 Å². The normalized spacial score (nSPS) is 14.4. The van der Waals surface area contributed by atoms with Crippen LogP contribution in [-0.4, -0.2) is 98.6 Å². The van der Waals surface area contributed by atoms with Gasteiger partial charge in [0.2, 0.25) is 0 Å². The van der Waals surface area contributed by atoms with E-state index in [9.17, 15) is 30.6 Å². The predicted molar refractivity (Wildman–Crippen MR) is 535 cm³/mol. The summed E-state index contributed by atoms with van der Waals surface area (Å²) in [7, 11) is -1.18. The average Bonchev–Trinajstić information content (AvgIpc) is 0.742. The third kappa shape index (κ3) is 30.3. The second-order valence-electron chi connectivity index (χ2n) is 35.2. The first-order valence-electron chi connectivity index (χ1n) is 45.3. The third-order valence-corrected chi connectivity index (χ3v) is 24.2. The van der Waals surface area contributed by atoms with Gasteiger partial charge in [0.15, 0.2) is 11.5 Å². The van der Waals surface area contributed by atoms with Crippen LogP contribution in [0.2, 0.25) is 0 Å². The molecule has 4 atom stereocenters. The molecule has 0 aliphatic carbocycles. The van der Waals surface area contributed by atoms with Crippen LogP contribution in [-0.2, 0) is 85.8 Å². The monoisotopic (exact) mass is 2570 g/mol. The molecule has 8 heterocycles. The van der Waals surface area contributed by atoms with Gasteiger partial charge in [0.1, 0.15) is 29.1 Å². The number of ether oxygens (including phenoxy) is 5. The molecule has 0 bridgehead atoms. The first-order valence-corrected chi connectivity index (χ1v) is 46.2. The predicted octanol–water partition coefficient (Wildman–Crippen LogP) is 28.1. The Bertz CT molecular complexity index is 6270. The van der Waals surface area contributed by atoms with Crippen LogP contribution in [0.25, 0.3) is 50.8 Å². The van der Waals surface area contributed by atoms with Gasteiger partial charge in [-0.3, -0.25) is 0 Å². The molecular formula is C114H119Ir4N5O13S-4. The third-order valence-electron chi connectivity index (χ3n) is 21.4. The number of allylic oxidation sites excluding steroid dienone is 3. The molecule has 137 heavy (non-hydrogen) atoms. The molecule has 4 aromatic heterocycles. The van der Waals surface area contributed by atoms with Crippen molar-refractivity contribution in [3.8, 4) is 103 Å². The molecule has 14 aromatic rings. The van der Waals surface area contributed by atoms with Crippen molar-refractivity contribution < 1.29 is 149 Å². The number of nitrogens with zero attached hydrogens (tertiary/aromatic N) is 5. The second-order valence-corrected chi connectivity index (χ2v) is 38.7. The van der Waals surface area contributed by atoms with Crippen LogP contribution in [0.15, 0.2) is 355 Å². The fraction of sp³-hybridized carbons (Fsp3) is 0.228. The molecule has 4 unspecified atom stereocenters. The Hall–Kier alpha value is -11.5. The molecule has 0 saturated carbocycles. The molecule has 0 amide bonds. The average molecular weight is 2570 g/mol. The van der Waals surface area contributed by atoms with Crippen molar-refractivity contribution in [3.63, 3.8) is 0 Å². The van der Waals surface area contributed by atoms with Gasteiger partial charge in [-0.15, -0.1) is 71.8 Å². The minimum atomic E-state index is -2.34. The zero-order valence-corrected chi connectivity index (χ0v) is 89.6. The Morgan fingerprint density at radius 1 is 0.431 bits per heavy atom. The van der Waals surface area contributed by atoms with Crippen molar-refractivity contribution in [3.05, 3.63) is 392 Å². The number of anilines is 2. The first kappa shape index (κ1) is 108. The summed E-state index contributed by atoms with van der Waals surface area (Å²) in [6, 6.07) is 101. The Kier molecular flexibility index (Phi) is 41.1. The molecular weight excluding hydrogens is 2450 g/mol. The van der Waals surface area contributed by atoms with Crippen LogP contribution in [0.3, 0.4) is 0 Å². The van der Waals surface area contributed by atoms with E-state index in [1.54, 1.807) is 61.8 Å². The first-order chi connectivity index (χ1) is 64.7. The van der Waals surface area contributed by atoms with Crippen LogP contribution in [0.1, 0.15) is 129 Å². The molecule has 724 valence electrons. The molecule has 18 rings (SSSR count). The van der Waals surface area contributed by atoms with E-state index in [0.717, 1.165) is 73.6 Å². The van der Waals surface area contributed by atoms with Gasteiger partial charge in [-0.05, 0) is 173 Å². The smallest absolute Gasteiger partial charge is 0.166 e. The molecule has 10 aromatic carbocycles. The Morgan fingerprint density at radius 2 is 0.861 bits per heavy atom. The van der Waals surface area contributed by atoms with Gasteiger partial charge in [-0.25, -0.2) is 10.0 Å². The SMILES string of the molecule is CC(C)(C)C(O)=CC(O)C(C)(C)C.CC(C)C(O)=CC(O)C(C)C.CC(O)=CC(C)O.CC1(C)c2ccccc2Oc2cc[c-]c(-c3ccccn3)c21.CS1(C)c2ccccc2Oc2cc[c-]c(-c3ccccn3)c21.OC(=CC(O)c1ccccc1)c1ccccc1.[2H]C([2H])([2H])N1c2ccccc2Oc2c(-c3ccccn3)[c-]ccc21.[Ir].[Ir].[Ir].[Ir].[c-]1ccc2c(c1-c1ccccn1)Oc1ccccc1O2. The Morgan fingerprint density at radius 3 is 1.37 bits per heavy atom. The van der Waals surface area contributed by atoms with Crippen LogP contribution in [0, 0.1) is 46.9 Å². The van der Waals surface area contributed by atoms with Crippen molar-refractivity contribution in [2.75, 3.05) is 24.4 Å². The van der Waals surface area contributed by atoms with E-state index in [-0.39, 0.29) is 132 Å². The summed E-state index contributed by atoms with van der Waals surface area (Å²) in [6.07, 6.45) is 15.1. The topological polar surface area (TPSA) is 263 Å². The molecule has 18 nitrogen and oxygen atoms in total. The van der Waals surface area contributed by atoms with E-state index in [1.165, 1.54) is 51.5 Å². The van der Waals surface area contributed by atoms with Gasteiger partial charge in [-0.1, -0.05) is 276 Å². The zero-order chi connectivity index (χ0) is 98.2. The molecule has 4 radical (unpaired) electrons. The number of hydrogen-bond donors (Lipinski definition) is 8. The summed E-state index contributed by atoms with van der Waals surface area (Å²) in [5.41, 5.74) is 11.0. The Balaban J connectivity index is 0.000000221. The molecule has 0 spiro atoms. The van der Waals surface area contributed by atoms with Gasteiger partial charge in [-0.2, -0.15) is 0 Å². The number of para-hydroxylation sites is 6. The summed E-state index contributed by atoms with van der Waals surface area (Å²) in [5.74, 6) is 8.46. The number of hydrogen-bond acceptors (Lipinski definition) is 18. The van der Waals surface area contributed by atoms with Gasteiger partial charge < -0.3 is 89.4 Å².